The molecule has 0 saturated carbocycles. The standard InChI is InChI=1S/C18H15N3/c1-2-14-8-10-15(11-9-14)18-16(12-19)13-21(20-18)17-6-4-3-5-7-17/h3-11,13H,2H2,1H3. The highest BCUT2D eigenvalue weighted by Crippen LogP contribution is 2.23. The molecular weight excluding hydrogens is 258 g/mol. The van der Waals surface area contributed by atoms with Crippen LogP contribution in [0.3, 0.4) is 0 Å². The molecule has 0 amide bonds. The Hall–Kier alpha value is -2.86. The molecule has 3 aromatic rings. The predicted molar refractivity (Wildman–Crippen MR) is 83.1 cm³/mol. The van der Waals surface area contributed by atoms with Crippen molar-refractivity contribution in [1.29, 1.82) is 5.26 Å². The van der Waals surface area contributed by atoms with Crippen molar-refractivity contribution in [1.82, 2.24) is 9.78 Å². The largest absolute Gasteiger partial charge is 0.239 e. The molecule has 1 heterocycles. The fraction of sp³-hybridized carbons (Fsp3) is 0.111. The summed E-state index contributed by atoms with van der Waals surface area (Å²) in [7, 11) is 0. The first-order chi connectivity index (χ1) is 10.3. The van der Waals surface area contributed by atoms with Crippen molar-refractivity contribution in [3.05, 3.63) is 71.9 Å². The van der Waals surface area contributed by atoms with Crippen molar-refractivity contribution in [2.24, 2.45) is 0 Å². The highest BCUT2D eigenvalue weighted by Gasteiger charge is 2.11. The summed E-state index contributed by atoms with van der Waals surface area (Å²) in [6.07, 6.45) is 2.78. The van der Waals surface area contributed by atoms with Crippen molar-refractivity contribution < 1.29 is 0 Å². The smallest absolute Gasteiger partial charge is 0.111 e. The third-order valence-electron chi connectivity index (χ3n) is 3.49. The number of hydrogen-bond acceptors (Lipinski definition) is 2. The molecule has 1 aromatic heterocycles. The van der Waals surface area contributed by atoms with Gasteiger partial charge in [0.1, 0.15) is 11.8 Å². The average Bonchev–Trinajstić information content (AvgIpc) is 3.00. The Morgan fingerprint density at radius 3 is 2.38 bits per heavy atom. The van der Waals surface area contributed by atoms with Crippen LogP contribution in [-0.4, -0.2) is 9.78 Å². The average molecular weight is 273 g/mol. The summed E-state index contributed by atoms with van der Waals surface area (Å²) in [5.41, 5.74) is 4.51. The lowest BCUT2D eigenvalue weighted by atomic mass is 10.1. The van der Waals surface area contributed by atoms with Gasteiger partial charge in [-0.2, -0.15) is 10.4 Å². The zero-order valence-electron chi connectivity index (χ0n) is 11.8. The minimum absolute atomic E-state index is 0.586. The monoisotopic (exact) mass is 273 g/mol. The van der Waals surface area contributed by atoms with Gasteiger partial charge in [-0.3, -0.25) is 0 Å². The van der Waals surface area contributed by atoms with E-state index in [-0.39, 0.29) is 0 Å². The SMILES string of the molecule is CCc1ccc(-c2nn(-c3ccccc3)cc2C#N)cc1. The van der Waals surface area contributed by atoms with Gasteiger partial charge in [-0.1, -0.05) is 49.4 Å². The molecule has 3 rings (SSSR count). The Kier molecular flexibility index (Phi) is 3.53. The van der Waals surface area contributed by atoms with E-state index in [2.05, 4.69) is 30.2 Å². The molecule has 0 spiro atoms. The first kappa shape index (κ1) is 13.1. The number of rotatable bonds is 3. The molecule has 0 atom stereocenters. The fourth-order valence-corrected chi connectivity index (χ4v) is 2.28. The third-order valence-corrected chi connectivity index (χ3v) is 3.49. The van der Waals surface area contributed by atoms with E-state index in [1.54, 1.807) is 10.9 Å². The summed E-state index contributed by atoms with van der Waals surface area (Å²) in [6, 6.07) is 20.3. The van der Waals surface area contributed by atoms with E-state index in [1.807, 2.05) is 42.5 Å². The van der Waals surface area contributed by atoms with Crippen LogP contribution in [0.4, 0.5) is 0 Å². The lowest BCUT2D eigenvalue weighted by molar-refractivity contribution is 0.884. The van der Waals surface area contributed by atoms with Gasteiger partial charge in [-0.25, -0.2) is 4.68 Å². The van der Waals surface area contributed by atoms with Crippen LogP contribution in [0.2, 0.25) is 0 Å². The Morgan fingerprint density at radius 2 is 1.76 bits per heavy atom. The number of nitrogens with zero attached hydrogens (tertiary/aromatic N) is 3. The second-order valence-corrected chi connectivity index (χ2v) is 4.83. The van der Waals surface area contributed by atoms with E-state index >= 15 is 0 Å². The molecule has 2 aromatic carbocycles. The Bertz CT molecular complexity index is 778. The minimum Gasteiger partial charge on any atom is -0.239 e. The second-order valence-electron chi connectivity index (χ2n) is 4.83. The number of hydrogen-bond donors (Lipinski definition) is 0. The lowest BCUT2D eigenvalue weighted by Crippen LogP contribution is -1.94. The molecule has 0 unspecified atom stereocenters. The molecule has 0 radical (unpaired) electrons. The normalized spacial score (nSPS) is 10.3. The van der Waals surface area contributed by atoms with E-state index in [9.17, 15) is 5.26 Å². The van der Waals surface area contributed by atoms with E-state index in [0.717, 1.165) is 23.4 Å². The second kappa shape index (κ2) is 5.64. The van der Waals surface area contributed by atoms with Crippen LogP contribution in [0.15, 0.2) is 60.8 Å². The maximum Gasteiger partial charge on any atom is 0.111 e. The summed E-state index contributed by atoms with van der Waals surface area (Å²) in [6.45, 7) is 2.12. The maximum absolute atomic E-state index is 9.34. The van der Waals surface area contributed by atoms with Gasteiger partial charge in [-0.05, 0) is 24.1 Å². The minimum atomic E-state index is 0.586. The summed E-state index contributed by atoms with van der Waals surface area (Å²) >= 11 is 0. The number of nitriles is 1. The van der Waals surface area contributed by atoms with Crippen LogP contribution in [0.5, 0.6) is 0 Å². The van der Waals surface area contributed by atoms with E-state index in [4.69, 9.17) is 0 Å². The summed E-state index contributed by atoms with van der Waals surface area (Å²) in [5.74, 6) is 0. The highest BCUT2D eigenvalue weighted by atomic mass is 15.3. The first-order valence-corrected chi connectivity index (χ1v) is 6.96. The van der Waals surface area contributed by atoms with Crippen LogP contribution in [0, 0.1) is 11.3 Å². The van der Waals surface area contributed by atoms with Gasteiger partial charge in [0.2, 0.25) is 0 Å². The molecule has 0 fully saturated rings. The van der Waals surface area contributed by atoms with Crippen LogP contribution in [0.25, 0.3) is 16.9 Å². The molecule has 0 bridgehead atoms. The molecule has 102 valence electrons. The Morgan fingerprint density at radius 1 is 1.05 bits per heavy atom. The molecule has 0 aliphatic carbocycles. The molecule has 21 heavy (non-hydrogen) atoms. The van der Waals surface area contributed by atoms with Crippen LogP contribution in [-0.2, 0) is 6.42 Å². The lowest BCUT2D eigenvalue weighted by Gasteiger charge is -2.01. The summed E-state index contributed by atoms with van der Waals surface area (Å²) in [5, 5.41) is 13.9. The van der Waals surface area contributed by atoms with Crippen LogP contribution in [0.1, 0.15) is 18.1 Å². The Labute approximate surface area is 124 Å². The van der Waals surface area contributed by atoms with E-state index in [0.29, 0.717) is 5.56 Å². The Balaban J connectivity index is 2.06. The first-order valence-electron chi connectivity index (χ1n) is 6.96. The molecule has 0 saturated heterocycles. The fourth-order valence-electron chi connectivity index (χ4n) is 2.28. The highest BCUT2D eigenvalue weighted by molar-refractivity contribution is 5.66. The quantitative estimate of drug-likeness (QED) is 0.724. The van der Waals surface area contributed by atoms with Crippen molar-refractivity contribution in [3.63, 3.8) is 0 Å². The van der Waals surface area contributed by atoms with Gasteiger partial charge in [0.15, 0.2) is 0 Å². The van der Waals surface area contributed by atoms with Gasteiger partial charge in [0.25, 0.3) is 0 Å². The van der Waals surface area contributed by atoms with Gasteiger partial charge in [0.05, 0.1) is 11.3 Å². The molecule has 0 aliphatic heterocycles. The van der Waals surface area contributed by atoms with Crippen LogP contribution < -0.4 is 0 Å². The number of benzene rings is 2. The van der Waals surface area contributed by atoms with Crippen molar-refractivity contribution in [2.75, 3.05) is 0 Å². The molecule has 0 N–H and O–H groups in total. The van der Waals surface area contributed by atoms with E-state index < -0.39 is 0 Å². The molecule has 3 nitrogen and oxygen atoms in total. The van der Waals surface area contributed by atoms with Gasteiger partial charge < -0.3 is 0 Å². The van der Waals surface area contributed by atoms with Crippen molar-refractivity contribution in [2.45, 2.75) is 13.3 Å². The third kappa shape index (κ3) is 2.56. The van der Waals surface area contributed by atoms with E-state index in [1.165, 1.54) is 5.56 Å². The predicted octanol–water partition coefficient (Wildman–Crippen LogP) is 3.97. The summed E-state index contributed by atoms with van der Waals surface area (Å²) < 4.78 is 1.75. The van der Waals surface area contributed by atoms with Crippen LogP contribution >= 0.6 is 0 Å². The van der Waals surface area contributed by atoms with Gasteiger partial charge in [0, 0.05) is 11.8 Å². The van der Waals surface area contributed by atoms with Crippen molar-refractivity contribution >= 4 is 0 Å². The molecule has 0 aliphatic rings. The van der Waals surface area contributed by atoms with Gasteiger partial charge in [-0.15, -0.1) is 0 Å². The molecular formula is C18H15N3. The van der Waals surface area contributed by atoms with Crippen molar-refractivity contribution in [3.8, 4) is 23.0 Å². The number of para-hydroxylation sites is 1. The number of aromatic nitrogens is 2. The number of aryl methyl sites for hydroxylation is 1. The summed E-state index contributed by atoms with van der Waals surface area (Å²) in [4.78, 5) is 0. The molecule has 3 heteroatoms. The zero-order valence-corrected chi connectivity index (χ0v) is 11.8. The van der Waals surface area contributed by atoms with Gasteiger partial charge >= 0.3 is 0 Å². The maximum atomic E-state index is 9.34. The zero-order chi connectivity index (χ0) is 14.7. The topological polar surface area (TPSA) is 41.6 Å².